The van der Waals surface area contributed by atoms with Gasteiger partial charge in [-0.05, 0) is 36.6 Å². The highest BCUT2D eigenvalue weighted by atomic mass is 35.5. The molecule has 1 saturated heterocycles. The number of benzene rings is 1. The summed E-state index contributed by atoms with van der Waals surface area (Å²) in [5.41, 5.74) is 1.96. The van der Waals surface area contributed by atoms with Gasteiger partial charge in [-0.15, -0.1) is 12.4 Å². The van der Waals surface area contributed by atoms with Gasteiger partial charge in [0.25, 0.3) is 0 Å². The lowest BCUT2D eigenvalue weighted by Gasteiger charge is -2.35. The summed E-state index contributed by atoms with van der Waals surface area (Å²) >= 11 is 0. The Morgan fingerprint density at radius 2 is 2.00 bits per heavy atom. The number of aryl methyl sites for hydroxylation is 1. The molecule has 2 nitrogen and oxygen atoms in total. The van der Waals surface area contributed by atoms with Crippen LogP contribution in [0.2, 0.25) is 0 Å². The zero-order valence-corrected chi connectivity index (χ0v) is 12.0. The van der Waals surface area contributed by atoms with Crippen molar-refractivity contribution in [2.45, 2.75) is 19.4 Å². The number of nitrogens with zero attached hydrogens (tertiary/aromatic N) is 1. The lowest BCUT2D eigenvalue weighted by Crippen LogP contribution is -2.45. The molecular formula is C14H21ClF2N2. The Labute approximate surface area is 119 Å². The number of hydrogen-bond acceptors (Lipinski definition) is 2. The number of nitrogens with one attached hydrogen (secondary N) is 1. The van der Waals surface area contributed by atoms with Crippen molar-refractivity contribution >= 4 is 12.4 Å². The molecule has 19 heavy (non-hydrogen) atoms. The molecule has 1 aromatic rings. The molecule has 1 N–H and O–H groups in total. The molecule has 0 unspecified atom stereocenters. The molecule has 0 saturated carbocycles. The average Bonchev–Trinajstić information content (AvgIpc) is 2.40. The van der Waals surface area contributed by atoms with Crippen molar-refractivity contribution in [1.29, 1.82) is 0 Å². The highest BCUT2D eigenvalue weighted by molar-refractivity contribution is 5.85. The summed E-state index contributed by atoms with van der Waals surface area (Å²) in [5.74, 6) is -0.241. The standard InChI is InChI=1S/C14H20F2N2.ClH/c1-11-2-3-12(16)10-13(11)14(4-5-15)18-8-6-17-7-9-18;/h2-3,10,14,17H,4-9H2,1H3;1H/t14-;/m1./s1. The van der Waals surface area contributed by atoms with Crippen LogP contribution >= 0.6 is 12.4 Å². The van der Waals surface area contributed by atoms with Gasteiger partial charge in [0.15, 0.2) is 0 Å². The zero-order valence-electron chi connectivity index (χ0n) is 11.2. The van der Waals surface area contributed by atoms with Crippen LogP contribution in [0.15, 0.2) is 18.2 Å². The van der Waals surface area contributed by atoms with Crippen molar-refractivity contribution in [3.05, 3.63) is 35.1 Å². The van der Waals surface area contributed by atoms with Crippen molar-refractivity contribution in [2.75, 3.05) is 32.9 Å². The molecule has 1 fully saturated rings. The lowest BCUT2D eigenvalue weighted by atomic mass is 9.97. The van der Waals surface area contributed by atoms with Crippen LogP contribution < -0.4 is 5.32 Å². The van der Waals surface area contributed by atoms with Gasteiger partial charge in [-0.3, -0.25) is 9.29 Å². The summed E-state index contributed by atoms with van der Waals surface area (Å²) in [5, 5.41) is 3.28. The fourth-order valence-electron chi connectivity index (χ4n) is 2.60. The maximum atomic E-state index is 13.4. The van der Waals surface area contributed by atoms with Crippen LogP contribution in [-0.4, -0.2) is 37.8 Å². The van der Waals surface area contributed by atoms with E-state index >= 15 is 0 Å². The topological polar surface area (TPSA) is 15.3 Å². The number of hydrogen-bond donors (Lipinski definition) is 1. The van der Waals surface area contributed by atoms with Crippen molar-refractivity contribution in [3.8, 4) is 0 Å². The van der Waals surface area contributed by atoms with Crippen molar-refractivity contribution in [2.24, 2.45) is 0 Å². The van der Waals surface area contributed by atoms with E-state index in [1.165, 1.54) is 6.07 Å². The summed E-state index contributed by atoms with van der Waals surface area (Å²) in [6.07, 6.45) is 0.435. The van der Waals surface area contributed by atoms with Crippen LogP contribution in [0.3, 0.4) is 0 Å². The second kappa shape index (κ2) is 7.78. The first-order valence-electron chi connectivity index (χ1n) is 6.49. The maximum absolute atomic E-state index is 13.4. The van der Waals surface area contributed by atoms with Crippen molar-refractivity contribution in [3.63, 3.8) is 0 Å². The van der Waals surface area contributed by atoms with E-state index in [1.54, 1.807) is 12.1 Å². The Bertz CT molecular complexity index is 395. The van der Waals surface area contributed by atoms with E-state index < -0.39 is 0 Å². The summed E-state index contributed by atoms with van der Waals surface area (Å²) in [6.45, 7) is 5.20. The Kier molecular flexibility index (Phi) is 6.69. The normalized spacial score (nSPS) is 17.8. The maximum Gasteiger partial charge on any atom is 0.123 e. The van der Waals surface area contributed by atoms with E-state index in [0.717, 1.165) is 37.3 Å². The molecule has 0 aliphatic carbocycles. The van der Waals surface area contributed by atoms with Gasteiger partial charge in [-0.25, -0.2) is 4.39 Å². The van der Waals surface area contributed by atoms with E-state index in [-0.39, 0.29) is 30.9 Å². The Morgan fingerprint density at radius 1 is 1.32 bits per heavy atom. The molecule has 5 heteroatoms. The summed E-state index contributed by atoms with van der Waals surface area (Å²) in [6, 6.07) is 4.78. The average molecular weight is 291 g/mol. The molecule has 1 atom stereocenters. The first-order chi connectivity index (χ1) is 8.72. The zero-order chi connectivity index (χ0) is 13.0. The molecule has 0 radical (unpaired) electrons. The van der Waals surface area contributed by atoms with Gasteiger partial charge in [0.1, 0.15) is 5.82 Å². The van der Waals surface area contributed by atoms with Gasteiger partial charge < -0.3 is 5.32 Å². The van der Waals surface area contributed by atoms with Gasteiger partial charge in [0.05, 0.1) is 6.67 Å². The Hall–Kier alpha value is -0.710. The molecule has 0 bridgehead atoms. The predicted molar refractivity (Wildman–Crippen MR) is 76.2 cm³/mol. The van der Waals surface area contributed by atoms with Gasteiger partial charge in [-0.2, -0.15) is 0 Å². The molecule has 0 aromatic heterocycles. The first kappa shape index (κ1) is 16.3. The largest absolute Gasteiger partial charge is 0.314 e. The van der Waals surface area contributed by atoms with Gasteiger partial charge in [0, 0.05) is 32.2 Å². The number of alkyl halides is 1. The summed E-state index contributed by atoms with van der Waals surface area (Å²) in [4.78, 5) is 2.25. The van der Waals surface area contributed by atoms with E-state index in [0.29, 0.717) is 6.42 Å². The van der Waals surface area contributed by atoms with Crippen LogP contribution in [-0.2, 0) is 0 Å². The van der Waals surface area contributed by atoms with Crippen LogP contribution in [0.5, 0.6) is 0 Å². The first-order valence-corrected chi connectivity index (χ1v) is 6.49. The van der Waals surface area contributed by atoms with E-state index in [1.807, 2.05) is 6.92 Å². The molecule has 1 aromatic carbocycles. The highest BCUT2D eigenvalue weighted by Crippen LogP contribution is 2.28. The molecule has 1 aliphatic rings. The van der Waals surface area contributed by atoms with E-state index in [4.69, 9.17) is 0 Å². The van der Waals surface area contributed by atoms with E-state index in [9.17, 15) is 8.78 Å². The monoisotopic (exact) mass is 290 g/mol. The highest BCUT2D eigenvalue weighted by Gasteiger charge is 2.23. The Morgan fingerprint density at radius 3 is 2.63 bits per heavy atom. The van der Waals surface area contributed by atoms with Crippen LogP contribution in [0.25, 0.3) is 0 Å². The van der Waals surface area contributed by atoms with Crippen LogP contribution in [0.1, 0.15) is 23.6 Å². The van der Waals surface area contributed by atoms with Gasteiger partial charge in [0.2, 0.25) is 0 Å². The van der Waals surface area contributed by atoms with E-state index in [2.05, 4.69) is 10.2 Å². The number of rotatable bonds is 4. The third-order valence-corrected chi connectivity index (χ3v) is 3.58. The molecule has 1 heterocycles. The molecule has 0 spiro atoms. The number of halogens is 3. The lowest BCUT2D eigenvalue weighted by molar-refractivity contribution is 0.157. The third-order valence-electron chi connectivity index (χ3n) is 3.58. The smallest absolute Gasteiger partial charge is 0.123 e. The van der Waals surface area contributed by atoms with Crippen LogP contribution in [0, 0.1) is 12.7 Å². The summed E-state index contributed by atoms with van der Waals surface area (Å²) in [7, 11) is 0. The fourth-order valence-corrected chi connectivity index (χ4v) is 2.60. The molecule has 0 amide bonds. The Balaban J connectivity index is 0.00000180. The van der Waals surface area contributed by atoms with Crippen LogP contribution in [0.4, 0.5) is 8.78 Å². The molecule has 2 rings (SSSR count). The molecular weight excluding hydrogens is 270 g/mol. The number of piperazine rings is 1. The predicted octanol–water partition coefficient (Wildman–Crippen LogP) is 2.86. The quantitative estimate of drug-likeness (QED) is 0.917. The minimum Gasteiger partial charge on any atom is -0.314 e. The van der Waals surface area contributed by atoms with Crippen molar-refractivity contribution in [1.82, 2.24) is 10.2 Å². The van der Waals surface area contributed by atoms with Gasteiger partial charge >= 0.3 is 0 Å². The summed E-state index contributed by atoms with van der Waals surface area (Å²) < 4.78 is 26.2. The molecule has 108 valence electrons. The minimum atomic E-state index is -0.370. The second-order valence-corrected chi connectivity index (χ2v) is 4.78. The third kappa shape index (κ3) is 4.13. The SMILES string of the molecule is Cc1ccc(F)cc1[C@@H](CCF)N1CCNCC1.Cl. The fraction of sp³-hybridized carbons (Fsp3) is 0.571. The van der Waals surface area contributed by atoms with Gasteiger partial charge in [-0.1, -0.05) is 6.07 Å². The minimum absolute atomic E-state index is 0. The van der Waals surface area contributed by atoms with Crippen molar-refractivity contribution < 1.29 is 8.78 Å². The second-order valence-electron chi connectivity index (χ2n) is 4.78. The molecule has 1 aliphatic heterocycles.